The summed E-state index contributed by atoms with van der Waals surface area (Å²) < 4.78 is 4.45. The van der Waals surface area contributed by atoms with Crippen molar-refractivity contribution in [2.75, 3.05) is 7.11 Å². The zero-order valence-electron chi connectivity index (χ0n) is 7.89. The molecule has 78 valence electrons. The van der Waals surface area contributed by atoms with Gasteiger partial charge in [-0.15, -0.1) is 0 Å². The maximum Gasteiger partial charge on any atom is 0.337 e. The van der Waals surface area contributed by atoms with Gasteiger partial charge < -0.3 is 10.1 Å². The first kappa shape index (κ1) is 10.8. The Bertz CT molecular complexity index is 428. The van der Waals surface area contributed by atoms with Crippen LogP contribution in [0, 0.1) is 15.5 Å². The van der Waals surface area contributed by atoms with Gasteiger partial charge in [0, 0.05) is 12.3 Å². The number of benzene rings is 1. The number of carbonyl (C=O) groups excluding carboxylic acids is 1. The Hall–Kier alpha value is -2.24. The number of nitro benzene ring substituents is 1. The molecular weight excluding hydrogens is 200 g/mol. The summed E-state index contributed by atoms with van der Waals surface area (Å²) in [4.78, 5) is 21.0. The Balaban J connectivity index is 3.24. The predicted octanol–water partition coefficient (Wildman–Crippen LogP) is 1.38. The van der Waals surface area contributed by atoms with Crippen LogP contribution in [-0.4, -0.2) is 24.2 Å². The van der Waals surface area contributed by atoms with Crippen LogP contribution < -0.4 is 0 Å². The Morgan fingerprint density at radius 2 is 2.27 bits per heavy atom. The molecule has 0 fully saturated rings. The topological polar surface area (TPSA) is 93.3 Å². The highest BCUT2D eigenvalue weighted by molar-refractivity contribution is 5.93. The fraction of sp³-hybridized carbons (Fsp3) is 0.111. The number of nitrogens with one attached hydrogen (secondary N) is 1. The van der Waals surface area contributed by atoms with Gasteiger partial charge in [-0.25, -0.2) is 4.79 Å². The van der Waals surface area contributed by atoms with Crippen molar-refractivity contribution in [2.45, 2.75) is 0 Å². The minimum absolute atomic E-state index is 0.0721. The molecule has 0 aliphatic carbocycles. The summed E-state index contributed by atoms with van der Waals surface area (Å²) in [6, 6.07) is 3.71. The van der Waals surface area contributed by atoms with E-state index in [4.69, 9.17) is 5.41 Å². The van der Waals surface area contributed by atoms with Crippen LogP contribution in [0.4, 0.5) is 5.69 Å². The normalized spacial score (nSPS) is 9.40. The van der Waals surface area contributed by atoms with Gasteiger partial charge >= 0.3 is 5.97 Å². The van der Waals surface area contributed by atoms with E-state index in [0.29, 0.717) is 0 Å². The van der Waals surface area contributed by atoms with E-state index in [1.165, 1.54) is 25.3 Å². The molecule has 0 bridgehead atoms. The van der Waals surface area contributed by atoms with E-state index in [-0.39, 0.29) is 16.8 Å². The minimum Gasteiger partial charge on any atom is -0.465 e. The Morgan fingerprint density at radius 3 is 2.73 bits per heavy atom. The fourth-order valence-electron chi connectivity index (χ4n) is 1.08. The molecule has 1 aromatic rings. The molecule has 0 amide bonds. The lowest BCUT2D eigenvalue weighted by Crippen LogP contribution is -2.03. The summed E-state index contributed by atoms with van der Waals surface area (Å²) in [5, 5.41) is 17.5. The first-order chi connectivity index (χ1) is 7.10. The second-order valence-corrected chi connectivity index (χ2v) is 2.67. The molecule has 0 aliphatic heterocycles. The predicted molar refractivity (Wildman–Crippen MR) is 52.3 cm³/mol. The lowest BCUT2D eigenvalue weighted by molar-refractivity contribution is -0.385. The minimum atomic E-state index is -0.610. The molecule has 0 heterocycles. The number of ether oxygens (including phenoxy) is 1. The summed E-state index contributed by atoms with van der Waals surface area (Å²) in [6.45, 7) is 0. The van der Waals surface area contributed by atoms with Gasteiger partial charge in [0.05, 0.1) is 23.2 Å². The van der Waals surface area contributed by atoms with Gasteiger partial charge in [-0.3, -0.25) is 10.1 Å². The molecule has 15 heavy (non-hydrogen) atoms. The second kappa shape index (κ2) is 4.32. The Morgan fingerprint density at radius 1 is 1.60 bits per heavy atom. The molecule has 0 saturated heterocycles. The highest BCUT2D eigenvalue weighted by Gasteiger charge is 2.15. The molecule has 0 spiro atoms. The highest BCUT2D eigenvalue weighted by atomic mass is 16.6. The zero-order chi connectivity index (χ0) is 11.4. The van der Waals surface area contributed by atoms with Crippen molar-refractivity contribution in [1.29, 1.82) is 5.41 Å². The van der Waals surface area contributed by atoms with Crippen LogP contribution >= 0.6 is 0 Å². The molecule has 6 nitrogen and oxygen atoms in total. The first-order valence-corrected chi connectivity index (χ1v) is 3.97. The van der Waals surface area contributed by atoms with Gasteiger partial charge in [-0.05, 0) is 12.1 Å². The Kier molecular flexibility index (Phi) is 3.12. The van der Waals surface area contributed by atoms with Crippen molar-refractivity contribution in [1.82, 2.24) is 0 Å². The monoisotopic (exact) mass is 208 g/mol. The largest absolute Gasteiger partial charge is 0.465 e. The molecular formula is C9H8N2O4. The van der Waals surface area contributed by atoms with Crippen LogP contribution in [0.2, 0.25) is 0 Å². The van der Waals surface area contributed by atoms with Crippen molar-refractivity contribution in [2.24, 2.45) is 0 Å². The van der Waals surface area contributed by atoms with Crippen LogP contribution in [0.15, 0.2) is 18.2 Å². The standard InChI is InChI=1S/C9H8N2O4/c1-15-9(12)6-2-3-8(11(13)14)7(4-6)5-10/h2-5,10H,1H3. The van der Waals surface area contributed by atoms with Crippen LogP contribution in [0.1, 0.15) is 15.9 Å². The summed E-state index contributed by atoms with van der Waals surface area (Å²) in [5.74, 6) is -0.590. The van der Waals surface area contributed by atoms with E-state index < -0.39 is 10.9 Å². The van der Waals surface area contributed by atoms with E-state index in [9.17, 15) is 14.9 Å². The van der Waals surface area contributed by atoms with Crippen molar-refractivity contribution in [3.63, 3.8) is 0 Å². The summed E-state index contributed by atoms with van der Waals surface area (Å²) in [7, 11) is 1.22. The van der Waals surface area contributed by atoms with Gasteiger partial charge in [0.25, 0.3) is 5.69 Å². The molecule has 0 radical (unpaired) electrons. The van der Waals surface area contributed by atoms with Crippen molar-refractivity contribution in [3.8, 4) is 0 Å². The molecule has 1 aromatic carbocycles. The average molecular weight is 208 g/mol. The van der Waals surface area contributed by atoms with Gasteiger partial charge in [-0.2, -0.15) is 0 Å². The maximum absolute atomic E-state index is 11.1. The molecule has 1 rings (SSSR count). The lowest BCUT2D eigenvalue weighted by atomic mass is 10.1. The van der Waals surface area contributed by atoms with Gasteiger partial charge in [0.2, 0.25) is 0 Å². The smallest absolute Gasteiger partial charge is 0.337 e. The molecule has 0 unspecified atom stereocenters. The molecule has 0 atom stereocenters. The SMILES string of the molecule is COC(=O)c1ccc([N+](=O)[O-])c(C=N)c1. The molecule has 0 aliphatic rings. The Labute approximate surface area is 85.1 Å². The van der Waals surface area contributed by atoms with Crippen LogP contribution in [0.5, 0.6) is 0 Å². The van der Waals surface area contributed by atoms with Crippen molar-refractivity contribution in [3.05, 3.63) is 39.4 Å². The number of hydrogen-bond donors (Lipinski definition) is 1. The maximum atomic E-state index is 11.1. The number of hydrogen-bond acceptors (Lipinski definition) is 5. The first-order valence-electron chi connectivity index (χ1n) is 3.97. The third-order valence-electron chi connectivity index (χ3n) is 1.80. The van der Waals surface area contributed by atoms with E-state index in [2.05, 4.69) is 4.74 Å². The number of nitrogens with zero attached hydrogens (tertiary/aromatic N) is 1. The van der Waals surface area contributed by atoms with Gasteiger partial charge in [0.15, 0.2) is 0 Å². The van der Waals surface area contributed by atoms with Crippen molar-refractivity contribution >= 4 is 17.9 Å². The van der Waals surface area contributed by atoms with E-state index in [1.807, 2.05) is 0 Å². The quantitative estimate of drug-likeness (QED) is 0.351. The lowest BCUT2D eigenvalue weighted by Gasteiger charge is -2.00. The number of nitro groups is 1. The fourth-order valence-corrected chi connectivity index (χ4v) is 1.08. The van der Waals surface area contributed by atoms with E-state index in [1.54, 1.807) is 0 Å². The van der Waals surface area contributed by atoms with Gasteiger partial charge in [-0.1, -0.05) is 0 Å². The summed E-state index contributed by atoms with van der Waals surface area (Å²) in [6.07, 6.45) is 0.824. The third kappa shape index (κ3) is 2.16. The number of methoxy groups -OCH3 is 1. The molecule has 6 heteroatoms. The zero-order valence-corrected chi connectivity index (χ0v) is 7.89. The van der Waals surface area contributed by atoms with Crippen LogP contribution in [-0.2, 0) is 4.74 Å². The van der Waals surface area contributed by atoms with Crippen molar-refractivity contribution < 1.29 is 14.5 Å². The molecule has 0 aromatic heterocycles. The van der Waals surface area contributed by atoms with Crippen LogP contribution in [0.25, 0.3) is 0 Å². The van der Waals surface area contributed by atoms with E-state index in [0.717, 1.165) is 6.21 Å². The third-order valence-corrected chi connectivity index (χ3v) is 1.80. The second-order valence-electron chi connectivity index (χ2n) is 2.67. The number of carbonyl (C=O) groups is 1. The van der Waals surface area contributed by atoms with E-state index >= 15 is 0 Å². The molecule has 1 N–H and O–H groups in total. The molecule has 0 saturated carbocycles. The highest BCUT2D eigenvalue weighted by Crippen LogP contribution is 2.18. The summed E-state index contributed by atoms with van der Waals surface area (Å²) >= 11 is 0. The summed E-state index contributed by atoms with van der Waals surface area (Å²) in [5.41, 5.74) is 0.0437. The number of rotatable bonds is 3. The average Bonchev–Trinajstić information content (AvgIpc) is 2.26. The van der Waals surface area contributed by atoms with Crippen LogP contribution in [0.3, 0.4) is 0 Å². The van der Waals surface area contributed by atoms with Gasteiger partial charge in [0.1, 0.15) is 0 Å². The number of esters is 1.